The van der Waals surface area contributed by atoms with Crippen LogP contribution in [0.1, 0.15) is 46.6 Å². The summed E-state index contributed by atoms with van der Waals surface area (Å²) in [6.07, 6.45) is 0.608. The van der Waals surface area contributed by atoms with Gasteiger partial charge in [-0.1, -0.05) is 39.8 Å². The number of carbonyl (C=O) groups is 1. The van der Waals surface area contributed by atoms with Crippen molar-refractivity contribution in [3.63, 3.8) is 0 Å². The molecule has 2 nitrogen and oxygen atoms in total. The number of rotatable bonds is 5. The number of anilines is 1. The van der Waals surface area contributed by atoms with Crippen LogP contribution >= 0.6 is 0 Å². The minimum atomic E-state index is 0.175. The summed E-state index contributed by atoms with van der Waals surface area (Å²) in [6, 6.07) is 8.56. The van der Waals surface area contributed by atoms with Gasteiger partial charge in [0.2, 0.25) is 0 Å². The first-order chi connectivity index (χ1) is 8.38. The van der Waals surface area contributed by atoms with Gasteiger partial charge in [0.15, 0.2) is 5.78 Å². The van der Waals surface area contributed by atoms with Crippen molar-refractivity contribution in [2.75, 3.05) is 18.0 Å². The Morgan fingerprint density at radius 1 is 1.11 bits per heavy atom. The van der Waals surface area contributed by atoms with E-state index in [4.69, 9.17) is 0 Å². The predicted octanol–water partition coefficient (Wildman–Crippen LogP) is 3.79. The minimum absolute atomic E-state index is 0.175. The van der Waals surface area contributed by atoms with E-state index < -0.39 is 0 Å². The molecule has 0 unspecified atom stereocenters. The monoisotopic (exact) mass is 247 g/mol. The normalized spacial score (nSPS) is 11.4. The van der Waals surface area contributed by atoms with E-state index in [1.165, 1.54) is 5.56 Å². The van der Waals surface area contributed by atoms with Crippen LogP contribution in [-0.2, 0) is 10.2 Å². The average Bonchev–Trinajstić information content (AvgIpc) is 2.34. The van der Waals surface area contributed by atoms with Crippen molar-refractivity contribution in [1.82, 2.24) is 0 Å². The minimum Gasteiger partial charge on any atom is -0.364 e. The molecule has 0 atom stereocenters. The highest BCUT2D eigenvalue weighted by atomic mass is 16.1. The van der Waals surface area contributed by atoms with Gasteiger partial charge in [0.25, 0.3) is 0 Å². The highest BCUT2D eigenvalue weighted by Crippen LogP contribution is 2.24. The highest BCUT2D eigenvalue weighted by molar-refractivity contribution is 5.83. The maximum absolute atomic E-state index is 11.5. The molecule has 0 fully saturated rings. The van der Waals surface area contributed by atoms with Crippen molar-refractivity contribution in [2.45, 2.75) is 46.5 Å². The molecule has 0 heterocycles. The molecular weight excluding hydrogens is 222 g/mol. The predicted molar refractivity (Wildman–Crippen MR) is 78.3 cm³/mol. The summed E-state index contributed by atoms with van der Waals surface area (Å²) < 4.78 is 0. The Kier molecular flexibility index (Phi) is 4.94. The number of nitrogens with zero attached hydrogens (tertiary/aromatic N) is 1. The quantitative estimate of drug-likeness (QED) is 0.789. The molecule has 0 aliphatic rings. The van der Waals surface area contributed by atoms with Crippen molar-refractivity contribution in [1.29, 1.82) is 0 Å². The Bertz CT molecular complexity index is 387. The zero-order chi connectivity index (χ0) is 13.8. The first-order valence-electron chi connectivity index (χ1n) is 6.75. The van der Waals surface area contributed by atoms with Crippen LogP contribution in [0.15, 0.2) is 24.3 Å². The van der Waals surface area contributed by atoms with Crippen LogP contribution < -0.4 is 4.90 Å². The van der Waals surface area contributed by atoms with Crippen LogP contribution in [0.4, 0.5) is 5.69 Å². The van der Waals surface area contributed by atoms with Gasteiger partial charge < -0.3 is 4.90 Å². The van der Waals surface area contributed by atoms with Crippen LogP contribution in [0.2, 0.25) is 0 Å². The molecule has 0 radical (unpaired) electrons. The van der Waals surface area contributed by atoms with Gasteiger partial charge >= 0.3 is 0 Å². The zero-order valence-corrected chi connectivity index (χ0v) is 12.3. The maximum atomic E-state index is 11.5. The molecular formula is C16H25NO. The van der Waals surface area contributed by atoms with Crippen LogP contribution in [0.25, 0.3) is 0 Å². The molecule has 18 heavy (non-hydrogen) atoms. The lowest BCUT2D eigenvalue weighted by atomic mass is 9.87. The van der Waals surface area contributed by atoms with Crippen LogP contribution in [0, 0.1) is 0 Å². The Morgan fingerprint density at radius 2 is 1.67 bits per heavy atom. The second-order valence-electron chi connectivity index (χ2n) is 5.70. The molecule has 0 amide bonds. The SMILES string of the molecule is CCC(=O)CN(CC)c1ccc(C(C)(C)C)cc1. The summed E-state index contributed by atoms with van der Waals surface area (Å²) in [5, 5.41) is 0. The molecule has 0 aliphatic heterocycles. The van der Waals surface area contributed by atoms with Crippen LogP contribution in [0.5, 0.6) is 0 Å². The van der Waals surface area contributed by atoms with E-state index in [1.54, 1.807) is 0 Å². The lowest BCUT2D eigenvalue weighted by molar-refractivity contribution is -0.117. The van der Waals surface area contributed by atoms with E-state index in [0.717, 1.165) is 12.2 Å². The summed E-state index contributed by atoms with van der Waals surface area (Å²) in [5.41, 5.74) is 2.63. The molecule has 0 aliphatic carbocycles. The number of carbonyl (C=O) groups excluding carboxylic acids is 1. The number of hydrogen-bond acceptors (Lipinski definition) is 2. The Morgan fingerprint density at radius 3 is 2.06 bits per heavy atom. The summed E-state index contributed by atoms with van der Waals surface area (Å²) in [5.74, 6) is 0.289. The summed E-state index contributed by atoms with van der Waals surface area (Å²) in [4.78, 5) is 13.7. The number of likely N-dealkylation sites (N-methyl/N-ethyl adjacent to an activating group) is 1. The van der Waals surface area contributed by atoms with E-state index in [2.05, 4.69) is 56.9 Å². The third-order valence-corrected chi connectivity index (χ3v) is 3.24. The van der Waals surface area contributed by atoms with Gasteiger partial charge in [-0.3, -0.25) is 4.79 Å². The van der Waals surface area contributed by atoms with Gasteiger partial charge in [-0.15, -0.1) is 0 Å². The smallest absolute Gasteiger partial charge is 0.151 e. The van der Waals surface area contributed by atoms with Crippen molar-refractivity contribution in [3.8, 4) is 0 Å². The molecule has 0 saturated heterocycles. The molecule has 0 aromatic heterocycles. The zero-order valence-electron chi connectivity index (χ0n) is 12.3. The fourth-order valence-electron chi connectivity index (χ4n) is 1.88. The topological polar surface area (TPSA) is 20.3 Å². The second kappa shape index (κ2) is 6.03. The third kappa shape index (κ3) is 3.86. The summed E-state index contributed by atoms with van der Waals surface area (Å²) in [7, 11) is 0. The van der Waals surface area contributed by atoms with Gasteiger partial charge in [0, 0.05) is 18.7 Å². The molecule has 0 bridgehead atoms. The summed E-state index contributed by atoms with van der Waals surface area (Å²) in [6.45, 7) is 12.0. The fraction of sp³-hybridized carbons (Fsp3) is 0.562. The summed E-state index contributed by atoms with van der Waals surface area (Å²) >= 11 is 0. The Hall–Kier alpha value is -1.31. The lowest BCUT2D eigenvalue weighted by Crippen LogP contribution is -2.29. The van der Waals surface area contributed by atoms with Crippen molar-refractivity contribution >= 4 is 11.5 Å². The molecule has 1 aromatic rings. The lowest BCUT2D eigenvalue weighted by Gasteiger charge is -2.24. The average molecular weight is 247 g/mol. The molecule has 0 spiro atoms. The van der Waals surface area contributed by atoms with Gasteiger partial charge in [0.1, 0.15) is 0 Å². The number of hydrogen-bond donors (Lipinski definition) is 0. The molecule has 1 rings (SSSR count). The number of Topliss-reactive ketones (excluding diaryl/α,β-unsaturated/α-hetero) is 1. The van der Waals surface area contributed by atoms with E-state index >= 15 is 0 Å². The van der Waals surface area contributed by atoms with Crippen molar-refractivity contribution < 1.29 is 4.79 Å². The van der Waals surface area contributed by atoms with Crippen LogP contribution in [-0.4, -0.2) is 18.9 Å². The van der Waals surface area contributed by atoms with Crippen molar-refractivity contribution in [3.05, 3.63) is 29.8 Å². The third-order valence-electron chi connectivity index (χ3n) is 3.24. The molecule has 0 N–H and O–H groups in total. The standard InChI is InChI=1S/C16H25NO/c1-6-15(18)12-17(7-2)14-10-8-13(9-11-14)16(3,4)5/h8-11H,6-7,12H2,1-5H3. The number of ketones is 1. The molecule has 100 valence electrons. The first-order valence-corrected chi connectivity index (χ1v) is 6.75. The fourth-order valence-corrected chi connectivity index (χ4v) is 1.88. The largest absolute Gasteiger partial charge is 0.364 e. The van der Waals surface area contributed by atoms with Crippen LogP contribution in [0.3, 0.4) is 0 Å². The van der Waals surface area contributed by atoms with Gasteiger partial charge in [-0.05, 0) is 30.0 Å². The maximum Gasteiger partial charge on any atom is 0.151 e. The Balaban J connectivity index is 2.85. The Labute approximate surface area is 111 Å². The van der Waals surface area contributed by atoms with E-state index in [-0.39, 0.29) is 11.2 Å². The second-order valence-corrected chi connectivity index (χ2v) is 5.70. The van der Waals surface area contributed by atoms with E-state index in [1.807, 2.05) is 6.92 Å². The van der Waals surface area contributed by atoms with E-state index in [9.17, 15) is 4.79 Å². The van der Waals surface area contributed by atoms with E-state index in [0.29, 0.717) is 13.0 Å². The van der Waals surface area contributed by atoms with Gasteiger partial charge in [-0.25, -0.2) is 0 Å². The first kappa shape index (κ1) is 14.7. The number of benzene rings is 1. The molecule has 1 aromatic carbocycles. The van der Waals surface area contributed by atoms with Crippen molar-refractivity contribution in [2.24, 2.45) is 0 Å². The van der Waals surface area contributed by atoms with Gasteiger partial charge in [0.05, 0.1) is 6.54 Å². The molecule has 2 heteroatoms. The molecule has 0 saturated carbocycles. The highest BCUT2D eigenvalue weighted by Gasteiger charge is 2.14. The van der Waals surface area contributed by atoms with Gasteiger partial charge in [-0.2, -0.15) is 0 Å².